The Hall–Kier alpha value is -2.48. The Morgan fingerprint density at radius 2 is 2.19 bits per heavy atom. The summed E-state index contributed by atoms with van der Waals surface area (Å²) in [5.74, 6) is 1.97. The van der Waals surface area contributed by atoms with Crippen molar-refractivity contribution in [3.63, 3.8) is 0 Å². The first kappa shape index (κ1) is 18.3. The summed E-state index contributed by atoms with van der Waals surface area (Å²) >= 11 is 0. The molecule has 1 fully saturated rings. The highest BCUT2D eigenvalue weighted by Crippen LogP contribution is 2.24. The molecule has 0 saturated carbocycles. The first-order valence-electron chi connectivity index (χ1n) is 8.98. The molecule has 0 unspecified atom stereocenters. The van der Waals surface area contributed by atoms with Gasteiger partial charge in [0.15, 0.2) is 0 Å². The summed E-state index contributed by atoms with van der Waals surface area (Å²) in [6.07, 6.45) is 9.54. The van der Waals surface area contributed by atoms with Crippen molar-refractivity contribution in [3.05, 3.63) is 36.8 Å². The van der Waals surface area contributed by atoms with Crippen molar-refractivity contribution >= 4 is 11.7 Å². The van der Waals surface area contributed by atoms with Crippen LogP contribution in [0.15, 0.2) is 31.0 Å². The number of amides is 1. The Morgan fingerprint density at radius 3 is 2.92 bits per heavy atom. The third kappa shape index (κ3) is 4.37. The van der Waals surface area contributed by atoms with Gasteiger partial charge in [-0.05, 0) is 6.42 Å². The molecule has 1 atom stereocenters. The van der Waals surface area contributed by atoms with E-state index in [-0.39, 0.29) is 12.5 Å². The third-order valence-corrected chi connectivity index (χ3v) is 4.66. The number of nitrogens with one attached hydrogen (secondary N) is 1. The summed E-state index contributed by atoms with van der Waals surface area (Å²) in [6, 6.07) is 0. The van der Waals surface area contributed by atoms with Crippen LogP contribution in [0.3, 0.4) is 0 Å². The molecule has 8 nitrogen and oxygen atoms in total. The number of nitrogens with zero attached hydrogens (tertiary/aromatic N) is 5. The van der Waals surface area contributed by atoms with Crippen molar-refractivity contribution in [1.29, 1.82) is 0 Å². The van der Waals surface area contributed by atoms with Crippen LogP contribution in [0.5, 0.6) is 0 Å². The number of carbonyl (C=O) groups is 1. The molecule has 2 aromatic heterocycles. The normalized spacial score (nSPS) is 19.9. The zero-order valence-electron chi connectivity index (χ0n) is 15.3. The van der Waals surface area contributed by atoms with Crippen molar-refractivity contribution in [2.45, 2.75) is 44.8 Å². The molecule has 1 aliphatic rings. The van der Waals surface area contributed by atoms with Gasteiger partial charge in [0, 0.05) is 63.3 Å². The number of aliphatic hydroxyl groups is 1. The highest BCUT2D eigenvalue weighted by molar-refractivity contribution is 5.75. The molecule has 1 aliphatic heterocycles. The lowest BCUT2D eigenvalue weighted by atomic mass is 10.0. The Bertz CT molecular complexity index is 732. The lowest BCUT2D eigenvalue weighted by molar-refractivity contribution is -0.122. The Kier molecular flexibility index (Phi) is 5.51. The van der Waals surface area contributed by atoms with Gasteiger partial charge in [-0.25, -0.2) is 9.97 Å². The first-order chi connectivity index (χ1) is 12.5. The number of carbonyl (C=O) groups excluding carboxylic acids is 1. The van der Waals surface area contributed by atoms with Crippen LogP contribution in [0.4, 0.5) is 5.82 Å². The number of anilines is 1. The summed E-state index contributed by atoms with van der Waals surface area (Å²) in [5, 5.41) is 13.6. The quantitative estimate of drug-likeness (QED) is 0.765. The number of aryl methyl sites for hydroxylation is 1. The summed E-state index contributed by atoms with van der Waals surface area (Å²) in [6.45, 7) is 6.12. The molecule has 2 aromatic rings. The van der Waals surface area contributed by atoms with E-state index in [0.29, 0.717) is 38.4 Å². The zero-order chi connectivity index (χ0) is 18.6. The standard InChI is InChI=1S/C18H26N6O2/c1-14(2)17-21-7-10-23(17)8-3-16(25)22-12-18(26)4-9-24(13-18)15-11-19-5-6-20-15/h5-7,10-11,14,26H,3-4,8-9,12-13H2,1-2H3,(H,22,25)/t18-/m0/s1. The molecule has 3 rings (SSSR count). The van der Waals surface area contributed by atoms with Crippen molar-refractivity contribution in [2.24, 2.45) is 0 Å². The maximum Gasteiger partial charge on any atom is 0.221 e. The molecule has 26 heavy (non-hydrogen) atoms. The van der Waals surface area contributed by atoms with Gasteiger partial charge in [-0.15, -0.1) is 0 Å². The third-order valence-electron chi connectivity index (χ3n) is 4.66. The Labute approximate surface area is 153 Å². The maximum atomic E-state index is 12.2. The van der Waals surface area contributed by atoms with Gasteiger partial charge in [0.25, 0.3) is 0 Å². The summed E-state index contributed by atoms with van der Waals surface area (Å²) in [5.41, 5.74) is -0.939. The van der Waals surface area contributed by atoms with Gasteiger partial charge >= 0.3 is 0 Å². The smallest absolute Gasteiger partial charge is 0.221 e. The number of imidazole rings is 1. The first-order valence-corrected chi connectivity index (χ1v) is 8.98. The van der Waals surface area contributed by atoms with E-state index in [1.54, 1.807) is 24.8 Å². The molecular weight excluding hydrogens is 332 g/mol. The van der Waals surface area contributed by atoms with E-state index in [2.05, 4.69) is 34.1 Å². The van der Waals surface area contributed by atoms with E-state index in [9.17, 15) is 9.90 Å². The number of rotatable bonds is 7. The van der Waals surface area contributed by atoms with Crippen molar-refractivity contribution in [1.82, 2.24) is 24.8 Å². The molecule has 0 bridgehead atoms. The summed E-state index contributed by atoms with van der Waals surface area (Å²) < 4.78 is 2.00. The van der Waals surface area contributed by atoms with Crippen LogP contribution < -0.4 is 10.2 Å². The minimum Gasteiger partial charge on any atom is -0.386 e. The van der Waals surface area contributed by atoms with Crippen molar-refractivity contribution < 1.29 is 9.90 Å². The lowest BCUT2D eigenvalue weighted by Gasteiger charge is -2.24. The number of hydrogen-bond donors (Lipinski definition) is 2. The SMILES string of the molecule is CC(C)c1nccn1CCC(=O)NC[C@@]1(O)CCN(c2cnccn2)C1. The minimum absolute atomic E-state index is 0.0696. The molecule has 1 saturated heterocycles. The lowest BCUT2D eigenvalue weighted by Crippen LogP contribution is -2.45. The van der Waals surface area contributed by atoms with Gasteiger partial charge in [0.05, 0.1) is 6.20 Å². The van der Waals surface area contributed by atoms with Crippen LogP contribution >= 0.6 is 0 Å². The monoisotopic (exact) mass is 358 g/mol. The fourth-order valence-corrected chi connectivity index (χ4v) is 3.23. The van der Waals surface area contributed by atoms with Gasteiger partial charge in [-0.1, -0.05) is 13.8 Å². The van der Waals surface area contributed by atoms with Crippen LogP contribution in [0, 0.1) is 0 Å². The predicted molar refractivity (Wildman–Crippen MR) is 97.8 cm³/mol. The molecule has 0 aliphatic carbocycles. The van der Waals surface area contributed by atoms with Gasteiger partial charge in [0.1, 0.15) is 17.2 Å². The van der Waals surface area contributed by atoms with Crippen LogP contribution in [-0.4, -0.2) is 55.8 Å². The van der Waals surface area contributed by atoms with Crippen molar-refractivity contribution in [2.75, 3.05) is 24.5 Å². The second-order valence-electron chi connectivity index (χ2n) is 7.12. The van der Waals surface area contributed by atoms with E-state index < -0.39 is 5.60 Å². The van der Waals surface area contributed by atoms with E-state index >= 15 is 0 Å². The Morgan fingerprint density at radius 1 is 1.35 bits per heavy atom. The highest BCUT2D eigenvalue weighted by atomic mass is 16.3. The molecule has 1 amide bonds. The molecule has 8 heteroatoms. The van der Waals surface area contributed by atoms with Crippen LogP contribution in [0.25, 0.3) is 0 Å². The van der Waals surface area contributed by atoms with Crippen LogP contribution in [-0.2, 0) is 11.3 Å². The summed E-state index contributed by atoms with van der Waals surface area (Å²) in [7, 11) is 0. The average molecular weight is 358 g/mol. The van der Waals surface area contributed by atoms with E-state index in [0.717, 1.165) is 11.6 Å². The molecule has 140 valence electrons. The number of aromatic nitrogens is 4. The van der Waals surface area contributed by atoms with E-state index in [1.807, 2.05) is 15.7 Å². The molecule has 2 N–H and O–H groups in total. The molecule has 0 aromatic carbocycles. The Balaban J connectivity index is 1.46. The van der Waals surface area contributed by atoms with Gasteiger partial charge in [-0.2, -0.15) is 0 Å². The second kappa shape index (κ2) is 7.82. The van der Waals surface area contributed by atoms with Crippen LogP contribution in [0.2, 0.25) is 0 Å². The summed E-state index contributed by atoms with van der Waals surface area (Å²) in [4.78, 5) is 26.8. The van der Waals surface area contributed by atoms with E-state index in [1.165, 1.54) is 0 Å². The van der Waals surface area contributed by atoms with Crippen LogP contribution in [0.1, 0.15) is 38.4 Å². The molecule has 0 spiro atoms. The second-order valence-corrected chi connectivity index (χ2v) is 7.12. The van der Waals surface area contributed by atoms with E-state index in [4.69, 9.17) is 0 Å². The zero-order valence-corrected chi connectivity index (χ0v) is 15.3. The van der Waals surface area contributed by atoms with Gasteiger partial charge < -0.3 is 19.9 Å². The van der Waals surface area contributed by atoms with Crippen molar-refractivity contribution in [3.8, 4) is 0 Å². The number of hydrogen-bond acceptors (Lipinski definition) is 6. The predicted octanol–water partition coefficient (Wildman–Crippen LogP) is 0.944. The minimum atomic E-state index is -0.939. The maximum absolute atomic E-state index is 12.2. The van der Waals surface area contributed by atoms with Gasteiger partial charge in [0.2, 0.25) is 5.91 Å². The molecular formula is C18H26N6O2. The molecule has 0 radical (unpaired) electrons. The molecule has 3 heterocycles. The highest BCUT2D eigenvalue weighted by Gasteiger charge is 2.36. The average Bonchev–Trinajstić information content (AvgIpc) is 3.26. The topological polar surface area (TPSA) is 96.2 Å². The number of β-amino-alcohol motifs (C(OH)–C–C–N with tert-alkyl or cyclic N) is 1. The fourth-order valence-electron chi connectivity index (χ4n) is 3.23. The van der Waals surface area contributed by atoms with Gasteiger partial charge in [-0.3, -0.25) is 9.78 Å². The fraction of sp³-hybridized carbons (Fsp3) is 0.556. The largest absolute Gasteiger partial charge is 0.386 e.